The number of aromatic nitrogens is 2. The Labute approximate surface area is 170 Å². The number of amides is 2. The molecule has 29 heavy (non-hydrogen) atoms. The van der Waals surface area contributed by atoms with Crippen LogP contribution < -0.4 is 16.2 Å². The first-order valence-electron chi connectivity index (χ1n) is 9.46. The van der Waals surface area contributed by atoms with Crippen molar-refractivity contribution >= 4 is 22.5 Å². The van der Waals surface area contributed by atoms with Crippen LogP contribution in [0.4, 0.5) is 4.79 Å². The summed E-state index contributed by atoms with van der Waals surface area (Å²) in [6, 6.07) is 14.8. The summed E-state index contributed by atoms with van der Waals surface area (Å²) in [5, 5.41) is 6.35. The Hall–Kier alpha value is -3.41. The molecule has 6 heteroatoms. The van der Waals surface area contributed by atoms with E-state index < -0.39 is 5.54 Å². The van der Waals surface area contributed by atoms with E-state index >= 15 is 0 Å². The zero-order valence-corrected chi connectivity index (χ0v) is 17.2. The predicted molar refractivity (Wildman–Crippen MR) is 117 cm³/mol. The molecule has 2 amide bonds. The van der Waals surface area contributed by atoms with Crippen molar-refractivity contribution in [1.82, 2.24) is 20.2 Å². The number of carbonyl (C=O) groups is 1. The van der Waals surface area contributed by atoms with Crippen molar-refractivity contribution in [2.45, 2.75) is 32.9 Å². The summed E-state index contributed by atoms with van der Waals surface area (Å²) in [6.45, 7) is 9.95. The molecule has 0 saturated heterocycles. The number of hydrogen-bond acceptors (Lipinski definition) is 3. The lowest BCUT2D eigenvalue weighted by molar-refractivity contribution is 0.229. The van der Waals surface area contributed by atoms with E-state index in [1.54, 1.807) is 19.2 Å². The number of hydrogen-bond donors (Lipinski definition) is 2. The van der Waals surface area contributed by atoms with Gasteiger partial charge in [0, 0.05) is 7.05 Å². The van der Waals surface area contributed by atoms with Crippen LogP contribution >= 0.6 is 0 Å². The molecule has 2 N–H and O–H groups in total. The zero-order chi connectivity index (χ0) is 21.2. The predicted octanol–water partition coefficient (Wildman–Crippen LogP) is 3.70. The third-order valence-corrected chi connectivity index (χ3v) is 4.99. The zero-order valence-electron chi connectivity index (χ0n) is 17.2. The first-order valence-corrected chi connectivity index (χ1v) is 9.46. The highest BCUT2D eigenvalue weighted by atomic mass is 16.2. The number of nitrogens with one attached hydrogen (secondary N) is 2. The molecule has 3 aromatic rings. The van der Waals surface area contributed by atoms with Crippen LogP contribution in [-0.2, 0) is 19.1 Å². The van der Waals surface area contributed by atoms with Gasteiger partial charge in [0.25, 0.3) is 5.56 Å². The van der Waals surface area contributed by atoms with Crippen molar-refractivity contribution in [2.24, 2.45) is 7.05 Å². The van der Waals surface area contributed by atoms with E-state index in [0.29, 0.717) is 16.7 Å². The van der Waals surface area contributed by atoms with Gasteiger partial charge in [0.15, 0.2) is 0 Å². The molecule has 0 bridgehead atoms. The minimum atomic E-state index is -0.585. The molecule has 0 saturated carbocycles. The van der Waals surface area contributed by atoms with E-state index in [9.17, 15) is 9.59 Å². The maximum atomic E-state index is 12.5. The lowest BCUT2D eigenvalue weighted by Gasteiger charge is -2.27. The SMILES string of the molecule is C=C(C)c1cccc(C(C)(C)NC(=O)NCc2nc3ccccc3c(=O)n2C)c1. The second-order valence-corrected chi connectivity index (χ2v) is 7.70. The summed E-state index contributed by atoms with van der Waals surface area (Å²) < 4.78 is 1.46. The summed E-state index contributed by atoms with van der Waals surface area (Å²) in [5.74, 6) is 0.492. The molecular formula is C23H26N4O2. The van der Waals surface area contributed by atoms with Gasteiger partial charge in [0.2, 0.25) is 0 Å². The molecule has 0 spiro atoms. The van der Waals surface area contributed by atoms with Gasteiger partial charge in [0.05, 0.1) is 23.0 Å². The normalized spacial score (nSPS) is 11.3. The Balaban J connectivity index is 1.74. The quantitative estimate of drug-likeness (QED) is 0.697. The van der Waals surface area contributed by atoms with Crippen molar-refractivity contribution < 1.29 is 4.79 Å². The highest BCUT2D eigenvalue weighted by Crippen LogP contribution is 2.23. The Morgan fingerprint density at radius 2 is 1.90 bits per heavy atom. The van der Waals surface area contributed by atoms with Crippen LogP contribution in [0.25, 0.3) is 16.5 Å². The van der Waals surface area contributed by atoms with Crippen molar-refractivity contribution in [1.29, 1.82) is 0 Å². The van der Waals surface area contributed by atoms with Gasteiger partial charge >= 0.3 is 6.03 Å². The van der Waals surface area contributed by atoms with E-state index in [1.165, 1.54) is 4.57 Å². The minimum absolute atomic E-state index is 0.134. The maximum Gasteiger partial charge on any atom is 0.315 e. The number of carbonyl (C=O) groups excluding carboxylic acids is 1. The molecule has 1 heterocycles. The number of urea groups is 1. The number of allylic oxidation sites excluding steroid dienone is 1. The van der Waals surface area contributed by atoms with Crippen molar-refractivity contribution in [3.63, 3.8) is 0 Å². The minimum Gasteiger partial charge on any atom is -0.331 e. The van der Waals surface area contributed by atoms with Gasteiger partial charge in [-0.1, -0.05) is 42.5 Å². The average molecular weight is 390 g/mol. The standard InChI is InChI=1S/C23H26N4O2/c1-15(2)16-9-8-10-17(13-16)23(3,4)26-22(29)24-14-20-25-19-12-7-6-11-18(19)21(28)27(20)5/h6-13H,1,14H2,2-5H3,(H2,24,26,29). The van der Waals surface area contributed by atoms with Gasteiger partial charge < -0.3 is 10.6 Å². The Morgan fingerprint density at radius 1 is 1.17 bits per heavy atom. The highest BCUT2D eigenvalue weighted by Gasteiger charge is 2.23. The fourth-order valence-corrected chi connectivity index (χ4v) is 3.15. The van der Waals surface area contributed by atoms with E-state index in [0.717, 1.165) is 16.7 Å². The van der Waals surface area contributed by atoms with Crippen LogP contribution in [0.3, 0.4) is 0 Å². The van der Waals surface area contributed by atoms with Gasteiger partial charge in [-0.25, -0.2) is 9.78 Å². The topological polar surface area (TPSA) is 76.0 Å². The third kappa shape index (κ3) is 4.37. The summed E-state index contributed by atoms with van der Waals surface area (Å²) in [7, 11) is 1.66. The second kappa shape index (κ2) is 7.91. The van der Waals surface area contributed by atoms with Gasteiger partial charge in [-0.05, 0) is 50.1 Å². The fraction of sp³-hybridized carbons (Fsp3) is 0.261. The summed E-state index contributed by atoms with van der Waals surface area (Å²) in [6.07, 6.45) is 0. The molecule has 150 valence electrons. The van der Waals surface area contributed by atoms with E-state index in [4.69, 9.17) is 0 Å². The summed E-state index contributed by atoms with van der Waals surface area (Å²) >= 11 is 0. The molecule has 1 aromatic heterocycles. The number of fused-ring (bicyclic) bond motifs is 1. The van der Waals surface area contributed by atoms with Crippen molar-refractivity contribution in [2.75, 3.05) is 0 Å². The molecule has 0 aliphatic rings. The summed E-state index contributed by atoms with van der Waals surface area (Å²) in [5.41, 5.74) is 2.88. The molecule has 6 nitrogen and oxygen atoms in total. The Kier molecular flexibility index (Phi) is 5.55. The number of rotatable bonds is 5. The lowest BCUT2D eigenvalue weighted by atomic mass is 9.92. The molecule has 3 rings (SSSR count). The first-order chi connectivity index (χ1) is 13.7. The lowest BCUT2D eigenvalue weighted by Crippen LogP contribution is -2.46. The number of para-hydroxylation sites is 1. The monoisotopic (exact) mass is 390 g/mol. The van der Waals surface area contributed by atoms with E-state index in [2.05, 4.69) is 22.2 Å². The van der Waals surface area contributed by atoms with Crippen LogP contribution in [0, 0.1) is 0 Å². The number of nitrogens with zero attached hydrogens (tertiary/aromatic N) is 2. The average Bonchev–Trinajstić information content (AvgIpc) is 2.69. The summed E-state index contributed by atoms with van der Waals surface area (Å²) in [4.78, 5) is 29.5. The van der Waals surface area contributed by atoms with Crippen molar-refractivity contribution in [3.05, 3.63) is 82.4 Å². The van der Waals surface area contributed by atoms with Gasteiger partial charge in [-0.2, -0.15) is 0 Å². The molecule has 2 aromatic carbocycles. The van der Waals surface area contributed by atoms with Crippen LogP contribution in [-0.4, -0.2) is 15.6 Å². The van der Waals surface area contributed by atoms with Gasteiger partial charge in [-0.15, -0.1) is 0 Å². The maximum absolute atomic E-state index is 12.5. The van der Waals surface area contributed by atoms with E-state index in [-0.39, 0.29) is 18.1 Å². The molecule has 0 atom stereocenters. The fourth-order valence-electron chi connectivity index (χ4n) is 3.15. The first kappa shape index (κ1) is 20.3. The Morgan fingerprint density at radius 3 is 2.62 bits per heavy atom. The Bertz CT molecular complexity index is 1150. The molecule has 0 radical (unpaired) electrons. The van der Waals surface area contributed by atoms with Gasteiger partial charge in [0.1, 0.15) is 5.82 Å². The molecular weight excluding hydrogens is 364 g/mol. The van der Waals surface area contributed by atoms with Gasteiger partial charge in [-0.3, -0.25) is 9.36 Å². The van der Waals surface area contributed by atoms with Crippen molar-refractivity contribution in [3.8, 4) is 0 Å². The third-order valence-electron chi connectivity index (χ3n) is 4.99. The van der Waals surface area contributed by atoms with Crippen LogP contribution in [0.2, 0.25) is 0 Å². The van der Waals surface area contributed by atoms with Crippen LogP contribution in [0.5, 0.6) is 0 Å². The second-order valence-electron chi connectivity index (χ2n) is 7.70. The smallest absolute Gasteiger partial charge is 0.315 e. The number of benzene rings is 2. The molecule has 0 unspecified atom stereocenters. The van der Waals surface area contributed by atoms with Crippen LogP contribution in [0.1, 0.15) is 37.7 Å². The van der Waals surface area contributed by atoms with E-state index in [1.807, 2.05) is 57.2 Å². The molecule has 0 fully saturated rings. The largest absolute Gasteiger partial charge is 0.331 e. The highest BCUT2D eigenvalue weighted by molar-refractivity contribution is 5.78. The molecule has 0 aliphatic heterocycles. The van der Waals surface area contributed by atoms with Crippen LogP contribution in [0.15, 0.2) is 59.9 Å². The molecule has 0 aliphatic carbocycles.